The lowest BCUT2D eigenvalue weighted by Gasteiger charge is -2.11. The molecule has 1 aromatic carbocycles. The summed E-state index contributed by atoms with van der Waals surface area (Å²) < 4.78 is 19.7. The van der Waals surface area contributed by atoms with E-state index in [-0.39, 0.29) is 5.75 Å². The Hall–Kier alpha value is -2.20. The van der Waals surface area contributed by atoms with Gasteiger partial charge in [0.2, 0.25) is 0 Å². The molecule has 27 heavy (non-hydrogen) atoms. The lowest BCUT2D eigenvalue weighted by atomic mass is 10.1. The van der Waals surface area contributed by atoms with Gasteiger partial charge in [0.1, 0.15) is 11.6 Å². The van der Waals surface area contributed by atoms with Crippen LogP contribution in [0.25, 0.3) is 17.2 Å². The number of nitrogens with zero attached hydrogens (tertiary/aromatic N) is 1. The molecular formula is C23H30FNO2. The number of benzene rings is 1. The fourth-order valence-electron chi connectivity index (χ4n) is 2.85. The molecule has 0 amide bonds. The zero-order valence-electron chi connectivity index (χ0n) is 16.3. The Bertz CT molecular complexity index is 713. The van der Waals surface area contributed by atoms with E-state index in [9.17, 15) is 9.50 Å². The van der Waals surface area contributed by atoms with Crippen LogP contribution in [0.5, 0.6) is 5.75 Å². The Morgan fingerprint density at radius 3 is 2.74 bits per heavy atom. The van der Waals surface area contributed by atoms with Crippen molar-refractivity contribution in [2.24, 2.45) is 0 Å². The van der Waals surface area contributed by atoms with Gasteiger partial charge in [0, 0.05) is 30.0 Å². The maximum atomic E-state index is 13.9. The number of phenols is 1. The molecule has 4 heteroatoms. The van der Waals surface area contributed by atoms with Gasteiger partial charge in [-0.2, -0.15) is 0 Å². The predicted octanol–water partition coefficient (Wildman–Crippen LogP) is 6.37. The highest BCUT2D eigenvalue weighted by Crippen LogP contribution is 2.25. The summed E-state index contributed by atoms with van der Waals surface area (Å²) in [6.45, 7) is 5.20. The fourth-order valence-corrected chi connectivity index (χ4v) is 2.85. The van der Waals surface area contributed by atoms with E-state index in [1.54, 1.807) is 12.3 Å². The number of hydrogen-bond donors (Lipinski definition) is 1. The molecule has 0 aliphatic carbocycles. The zero-order chi connectivity index (χ0) is 19.5. The predicted molar refractivity (Wildman–Crippen MR) is 109 cm³/mol. The number of unbranched alkanes of at least 4 members (excludes halogenated alkanes) is 3. The summed E-state index contributed by atoms with van der Waals surface area (Å²) in [5.74, 6) is -0.532. The molecule has 1 aromatic heterocycles. The van der Waals surface area contributed by atoms with Crippen LogP contribution in [0.15, 0.2) is 42.6 Å². The van der Waals surface area contributed by atoms with E-state index in [1.165, 1.54) is 18.9 Å². The van der Waals surface area contributed by atoms with Gasteiger partial charge in [-0.25, -0.2) is 4.39 Å². The van der Waals surface area contributed by atoms with Crippen LogP contribution >= 0.6 is 0 Å². The minimum Gasteiger partial charge on any atom is -0.508 e. The average Bonchev–Trinajstić information content (AvgIpc) is 2.66. The number of phenolic OH excluding ortho intramolecular Hbond substituents is 1. The van der Waals surface area contributed by atoms with Crippen molar-refractivity contribution in [3.8, 4) is 16.9 Å². The highest BCUT2D eigenvalue weighted by molar-refractivity contribution is 5.65. The molecule has 0 aliphatic rings. The van der Waals surface area contributed by atoms with Gasteiger partial charge in [0.15, 0.2) is 0 Å². The third-order valence-corrected chi connectivity index (χ3v) is 4.47. The van der Waals surface area contributed by atoms with Crippen molar-refractivity contribution in [2.45, 2.75) is 58.5 Å². The van der Waals surface area contributed by atoms with Gasteiger partial charge in [0.05, 0.1) is 11.8 Å². The van der Waals surface area contributed by atoms with E-state index in [1.807, 2.05) is 18.2 Å². The standard InChI is InChI=1S/C23H30FNO2/c1-3-4-8-15-27-18(2)9-6-5-7-10-20-12-11-19(17-25-20)22-14-13-21(26)16-23(22)24/h7,10-14,16-18,26H,3-6,8-9,15H2,1-2H3/b10-7+. The third-order valence-electron chi connectivity index (χ3n) is 4.47. The molecule has 3 nitrogen and oxygen atoms in total. The molecule has 2 rings (SSSR count). The first kappa shape index (κ1) is 21.1. The highest BCUT2D eigenvalue weighted by Gasteiger charge is 2.06. The molecular weight excluding hydrogens is 341 g/mol. The first-order valence-electron chi connectivity index (χ1n) is 9.83. The molecule has 0 radical (unpaired) electrons. The van der Waals surface area contributed by atoms with Crippen molar-refractivity contribution in [3.05, 3.63) is 54.1 Å². The molecule has 0 saturated carbocycles. The number of hydrogen-bond acceptors (Lipinski definition) is 3. The number of allylic oxidation sites excluding steroid dienone is 1. The van der Waals surface area contributed by atoms with Crippen LogP contribution in [0, 0.1) is 5.82 Å². The van der Waals surface area contributed by atoms with E-state index in [4.69, 9.17) is 4.74 Å². The molecule has 2 aromatic rings. The molecule has 146 valence electrons. The van der Waals surface area contributed by atoms with Crippen molar-refractivity contribution >= 4 is 6.08 Å². The summed E-state index contributed by atoms with van der Waals surface area (Å²) in [6, 6.07) is 7.85. The fraction of sp³-hybridized carbons (Fsp3) is 0.435. The van der Waals surface area contributed by atoms with Crippen LogP contribution in [0.2, 0.25) is 0 Å². The molecule has 0 spiro atoms. The molecule has 0 fully saturated rings. The molecule has 1 atom stereocenters. The Morgan fingerprint density at radius 2 is 2.04 bits per heavy atom. The Kier molecular flexibility index (Phi) is 8.99. The second kappa shape index (κ2) is 11.5. The van der Waals surface area contributed by atoms with E-state index in [2.05, 4.69) is 24.9 Å². The van der Waals surface area contributed by atoms with Gasteiger partial charge >= 0.3 is 0 Å². The van der Waals surface area contributed by atoms with Crippen molar-refractivity contribution in [1.29, 1.82) is 0 Å². The van der Waals surface area contributed by atoms with Crippen molar-refractivity contribution in [3.63, 3.8) is 0 Å². The molecule has 1 N–H and O–H groups in total. The van der Waals surface area contributed by atoms with Crippen LogP contribution in [-0.4, -0.2) is 22.8 Å². The summed E-state index contributed by atoms with van der Waals surface area (Å²) in [5.41, 5.74) is 1.98. The summed E-state index contributed by atoms with van der Waals surface area (Å²) >= 11 is 0. The molecule has 0 saturated heterocycles. The maximum Gasteiger partial charge on any atom is 0.134 e. The maximum absolute atomic E-state index is 13.9. The van der Waals surface area contributed by atoms with Crippen molar-refractivity contribution in [2.75, 3.05) is 6.61 Å². The minimum atomic E-state index is -0.453. The van der Waals surface area contributed by atoms with Gasteiger partial charge in [0.25, 0.3) is 0 Å². The summed E-state index contributed by atoms with van der Waals surface area (Å²) in [5, 5.41) is 9.30. The lowest BCUT2D eigenvalue weighted by molar-refractivity contribution is 0.0566. The Labute approximate surface area is 161 Å². The second-order valence-corrected chi connectivity index (χ2v) is 6.86. The van der Waals surface area contributed by atoms with Crippen LogP contribution in [0.3, 0.4) is 0 Å². The highest BCUT2D eigenvalue weighted by atomic mass is 19.1. The normalized spacial score (nSPS) is 12.6. The van der Waals surface area contributed by atoms with E-state index >= 15 is 0 Å². The molecule has 1 heterocycles. The van der Waals surface area contributed by atoms with Gasteiger partial charge in [-0.1, -0.05) is 31.9 Å². The van der Waals surface area contributed by atoms with Crippen LogP contribution in [0.4, 0.5) is 4.39 Å². The Balaban J connectivity index is 1.74. The van der Waals surface area contributed by atoms with E-state index < -0.39 is 5.82 Å². The topological polar surface area (TPSA) is 42.4 Å². The quantitative estimate of drug-likeness (QED) is 0.467. The third kappa shape index (κ3) is 7.51. The molecule has 0 bridgehead atoms. The van der Waals surface area contributed by atoms with Gasteiger partial charge in [-0.05, 0) is 56.9 Å². The number of rotatable bonds is 11. The smallest absolute Gasteiger partial charge is 0.134 e. The summed E-state index contributed by atoms with van der Waals surface area (Å²) in [7, 11) is 0. The Morgan fingerprint density at radius 1 is 1.19 bits per heavy atom. The van der Waals surface area contributed by atoms with Crippen LogP contribution < -0.4 is 0 Å². The second-order valence-electron chi connectivity index (χ2n) is 6.86. The van der Waals surface area contributed by atoms with Crippen molar-refractivity contribution < 1.29 is 14.2 Å². The van der Waals surface area contributed by atoms with Gasteiger partial charge < -0.3 is 9.84 Å². The van der Waals surface area contributed by atoms with Gasteiger partial charge in [-0.15, -0.1) is 0 Å². The van der Waals surface area contributed by atoms with E-state index in [0.717, 1.165) is 44.1 Å². The average molecular weight is 371 g/mol. The van der Waals surface area contributed by atoms with Crippen molar-refractivity contribution in [1.82, 2.24) is 4.98 Å². The zero-order valence-corrected chi connectivity index (χ0v) is 16.3. The lowest BCUT2D eigenvalue weighted by Crippen LogP contribution is -2.08. The monoisotopic (exact) mass is 371 g/mol. The minimum absolute atomic E-state index is 0.0792. The number of aromatic nitrogens is 1. The number of halogens is 1. The number of pyridine rings is 1. The van der Waals surface area contributed by atoms with Crippen LogP contribution in [-0.2, 0) is 4.74 Å². The first-order valence-corrected chi connectivity index (χ1v) is 9.83. The van der Waals surface area contributed by atoms with Gasteiger partial charge in [-0.3, -0.25) is 4.98 Å². The number of aromatic hydroxyl groups is 1. The molecule has 1 unspecified atom stereocenters. The summed E-state index contributed by atoms with van der Waals surface area (Å²) in [4.78, 5) is 4.37. The summed E-state index contributed by atoms with van der Waals surface area (Å²) in [6.07, 6.45) is 12.8. The number of ether oxygens (including phenoxy) is 1. The molecule has 0 aliphatic heterocycles. The van der Waals surface area contributed by atoms with E-state index in [0.29, 0.717) is 17.2 Å². The largest absolute Gasteiger partial charge is 0.508 e. The SMILES string of the molecule is CCCCCOC(C)CCC/C=C/c1ccc(-c2ccc(O)cc2F)cn1. The van der Waals surface area contributed by atoms with Crippen LogP contribution in [0.1, 0.15) is 58.1 Å². The first-order chi connectivity index (χ1) is 13.1.